The van der Waals surface area contributed by atoms with E-state index in [-0.39, 0.29) is 36.4 Å². The van der Waals surface area contributed by atoms with Crippen molar-refractivity contribution in [3.63, 3.8) is 0 Å². The number of oxazole rings is 1. The van der Waals surface area contributed by atoms with Gasteiger partial charge >= 0.3 is 6.36 Å². The lowest BCUT2D eigenvalue weighted by molar-refractivity contribution is -0.274. The van der Waals surface area contributed by atoms with Crippen molar-refractivity contribution < 1.29 is 37.0 Å². The molecule has 0 radical (unpaired) electrons. The zero-order valence-electron chi connectivity index (χ0n) is 25.2. The van der Waals surface area contributed by atoms with Gasteiger partial charge in [-0.2, -0.15) is 0 Å². The lowest BCUT2D eigenvalue weighted by Gasteiger charge is -2.25. The van der Waals surface area contributed by atoms with Gasteiger partial charge in [0, 0.05) is 30.8 Å². The number of nitrogens with one attached hydrogen (secondary N) is 2. The monoisotopic (exact) mass is 636 g/mol. The van der Waals surface area contributed by atoms with Crippen molar-refractivity contribution in [1.29, 1.82) is 0 Å². The highest BCUT2D eigenvalue weighted by Crippen LogP contribution is 2.33. The molecule has 1 aliphatic heterocycles. The summed E-state index contributed by atoms with van der Waals surface area (Å²) in [5.41, 5.74) is 2.75. The number of carbonyl (C=O) groups excluding carboxylic acids is 2. The molecular formula is C34H35F3N4O5. The largest absolute Gasteiger partial charge is 0.573 e. The van der Waals surface area contributed by atoms with Crippen molar-refractivity contribution in [2.45, 2.75) is 57.3 Å². The molecular weight excluding hydrogens is 601 g/mol. The number of aliphatic hydroxyl groups excluding tert-OH is 1. The molecule has 1 aliphatic rings. The molecule has 9 nitrogen and oxygen atoms in total. The molecule has 1 saturated heterocycles. The molecule has 5 rings (SSSR count). The van der Waals surface area contributed by atoms with E-state index in [4.69, 9.17) is 4.42 Å². The van der Waals surface area contributed by atoms with E-state index in [1.54, 1.807) is 35.4 Å². The maximum absolute atomic E-state index is 13.5. The summed E-state index contributed by atoms with van der Waals surface area (Å²) in [6.45, 7) is 2.56. The number of hydrogen-bond donors (Lipinski definition) is 3. The summed E-state index contributed by atoms with van der Waals surface area (Å²) in [7, 11) is 0. The molecule has 1 fully saturated rings. The molecule has 0 aliphatic carbocycles. The first-order valence-corrected chi connectivity index (χ1v) is 15.0. The van der Waals surface area contributed by atoms with Crippen molar-refractivity contribution in [3.8, 4) is 5.75 Å². The lowest BCUT2D eigenvalue weighted by atomic mass is 10.00. The average Bonchev–Trinajstić information content (AvgIpc) is 3.69. The molecule has 2 heterocycles. The minimum atomic E-state index is -4.80. The predicted molar refractivity (Wildman–Crippen MR) is 163 cm³/mol. The normalized spacial score (nSPS) is 16.2. The molecule has 242 valence electrons. The number of halogens is 3. The number of hydrogen-bond acceptors (Lipinski definition) is 7. The van der Waals surface area contributed by atoms with Gasteiger partial charge in [0.2, 0.25) is 5.89 Å². The van der Waals surface area contributed by atoms with Crippen LogP contribution in [-0.4, -0.2) is 58.4 Å². The van der Waals surface area contributed by atoms with Crippen molar-refractivity contribution in [1.82, 2.24) is 20.5 Å². The molecule has 12 heteroatoms. The lowest BCUT2D eigenvalue weighted by Crippen LogP contribution is -2.48. The van der Waals surface area contributed by atoms with Crippen molar-refractivity contribution >= 4 is 11.8 Å². The maximum atomic E-state index is 13.5. The van der Waals surface area contributed by atoms with Gasteiger partial charge in [0.1, 0.15) is 18.1 Å². The summed E-state index contributed by atoms with van der Waals surface area (Å²) in [4.78, 5) is 33.1. The van der Waals surface area contributed by atoms with E-state index < -0.39 is 24.4 Å². The maximum Gasteiger partial charge on any atom is 0.573 e. The van der Waals surface area contributed by atoms with Gasteiger partial charge in [-0.15, -0.1) is 13.2 Å². The summed E-state index contributed by atoms with van der Waals surface area (Å²) in [5.74, 6) is -0.545. The number of alkyl halides is 3. The van der Waals surface area contributed by atoms with E-state index in [1.807, 2.05) is 37.3 Å². The van der Waals surface area contributed by atoms with Crippen molar-refractivity contribution in [2.75, 3.05) is 13.1 Å². The topological polar surface area (TPSA) is 117 Å². The number of amides is 2. The number of aliphatic hydroxyl groups is 1. The number of ether oxygens (including phenoxy) is 1. The first-order valence-electron chi connectivity index (χ1n) is 15.0. The minimum absolute atomic E-state index is 0.0390. The van der Waals surface area contributed by atoms with E-state index in [0.717, 1.165) is 24.1 Å². The number of aromatic nitrogens is 1. The molecule has 0 spiro atoms. The van der Waals surface area contributed by atoms with Crippen LogP contribution in [0.5, 0.6) is 5.75 Å². The molecule has 46 heavy (non-hydrogen) atoms. The zero-order valence-corrected chi connectivity index (χ0v) is 25.2. The van der Waals surface area contributed by atoms with Gasteiger partial charge in [-0.3, -0.25) is 9.59 Å². The third-order valence-corrected chi connectivity index (χ3v) is 7.70. The molecule has 3 aromatic carbocycles. The van der Waals surface area contributed by atoms with E-state index in [2.05, 4.69) is 20.4 Å². The fourth-order valence-electron chi connectivity index (χ4n) is 5.51. The second-order valence-corrected chi connectivity index (χ2v) is 11.2. The Morgan fingerprint density at radius 2 is 1.78 bits per heavy atom. The van der Waals surface area contributed by atoms with E-state index >= 15 is 0 Å². The molecule has 4 aromatic rings. The highest BCUT2D eigenvalue weighted by molar-refractivity contribution is 6.00. The third-order valence-electron chi connectivity index (χ3n) is 7.70. The summed E-state index contributed by atoms with van der Waals surface area (Å²) in [6, 6.07) is 20.3. The summed E-state index contributed by atoms with van der Waals surface area (Å²) in [6.07, 6.45) is -2.46. The standard InChI is InChI=1S/C34H35F3N4O5/c1-22-21-45-32(39-22)29-14-7-15-41(29)33(44)26-12-6-11-25(18-26)31(43)40-28(17-23-8-3-2-4-9-23)30(42)20-38-19-24-10-5-13-27(16-24)46-34(35,36)37/h2-6,8-13,16,18,21,28-30,38,42H,7,14-15,17,19-20H2,1H3,(H,40,43). The molecule has 1 aromatic heterocycles. The van der Waals surface area contributed by atoms with Crippen LogP contribution in [0.3, 0.4) is 0 Å². The van der Waals surface area contributed by atoms with Crippen LogP contribution in [0.4, 0.5) is 13.2 Å². The number of aryl methyl sites for hydroxylation is 1. The predicted octanol–water partition coefficient (Wildman–Crippen LogP) is 5.35. The molecule has 3 unspecified atom stereocenters. The summed E-state index contributed by atoms with van der Waals surface area (Å²) >= 11 is 0. The Kier molecular flexibility index (Phi) is 10.4. The van der Waals surface area contributed by atoms with Crippen LogP contribution in [0, 0.1) is 6.92 Å². The second-order valence-electron chi connectivity index (χ2n) is 11.2. The van der Waals surface area contributed by atoms with E-state index in [0.29, 0.717) is 30.0 Å². The van der Waals surface area contributed by atoms with Crippen LogP contribution in [-0.2, 0) is 13.0 Å². The first kappa shape index (κ1) is 32.7. The van der Waals surface area contributed by atoms with Crippen LogP contribution in [0.15, 0.2) is 89.5 Å². The molecule has 3 atom stereocenters. The third kappa shape index (κ3) is 8.73. The van der Waals surface area contributed by atoms with Gasteiger partial charge < -0.3 is 29.8 Å². The van der Waals surface area contributed by atoms with E-state index in [1.165, 1.54) is 24.3 Å². The van der Waals surface area contributed by atoms with Gasteiger partial charge in [0.05, 0.1) is 17.8 Å². The summed E-state index contributed by atoms with van der Waals surface area (Å²) < 4.78 is 47.4. The Morgan fingerprint density at radius 1 is 1.04 bits per heavy atom. The van der Waals surface area contributed by atoms with Gasteiger partial charge in [0.15, 0.2) is 0 Å². The number of benzene rings is 3. The Balaban J connectivity index is 1.25. The fourth-order valence-corrected chi connectivity index (χ4v) is 5.51. The van der Waals surface area contributed by atoms with Gasteiger partial charge in [-0.05, 0) is 67.6 Å². The highest BCUT2D eigenvalue weighted by Gasteiger charge is 2.34. The van der Waals surface area contributed by atoms with Gasteiger partial charge in [-0.1, -0.05) is 48.5 Å². The van der Waals surface area contributed by atoms with E-state index in [9.17, 15) is 27.9 Å². The number of nitrogens with zero attached hydrogens (tertiary/aromatic N) is 2. The van der Waals surface area contributed by atoms with Crippen LogP contribution < -0.4 is 15.4 Å². The molecule has 0 saturated carbocycles. The second kappa shape index (κ2) is 14.6. The number of rotatable bonds is 12. The number of carbonyl (C=O) groups is 2. The van der Waals surface area contributed by atoms with Crippen LogP contribution in [0.2, 0.25) is 0 Å². The van der Waals surface area contributed by atoms with Crippen molar-refractivity contribution in [3.05, 3.63) is 119 Å². The van der Waals surface area contributed by atoms with Crippen molar-refractivity contribution in [2.24, 2.45) is 0 Å². The van der Waals surface area contributed by atoms with Crippen LogP contribution >= 0.6 is 0 Å². The van der Waals surface area contributed by atoms with Gasteiger partial charge in [-0.25, -0.2) is 4.98 Å². The molecule has 2 amide bonds. The smallest absolute Gasteiger partial charge is 0.446 e. The Bertz CT molecular complexity index is 1630. The quantitative estimate of drug-likeness (QED) is 0.192. The zero-order chi connectivity index (χ0) is 32.7. The van der Waals surface area contributed by atoms with Crippen LogP contribution in [0.25, 0.3) is 0 Å². The molecule has 0 bridgehead atoms. The Labute approximate surface area is 264 Å². The SMILES string of the molecule is Cc1coc(C2CCCN2C(=O)c2cccc(C(=O)NC(Cc3ccccc3)C(O)CNCc3cccc(OC(F)(F)F)c3)c2)n1. The highest BCUT2D eigenvalue weighted by atomic mass is 19.4. The number of likely N-dealkylation sites (tertiary alicyclic amines) is 1. The Morgan fingerprint density at radius 3 is 2.52 bits per heavy atom. The molecule has 3 N–H and O–H groups in total. The Hall–Kier alpha value is -4.68. The summed E-state index contributed by atoms with van der Waals surface area (Å²) in [5, 5.41) is 17.1. The fraction of sp³-hybridized carbons (Fsp3) is 0.324. The average molecular weight is 637 g/mol. The van der Waals surface area contributed by atoms with Crippen LogP contribution in [0.1, 0.15) is 62.3 Å². The first-order chi connectivity index (χ1) is 22.1. The minimum Gasteiger partial charge on any atom is -0.446 e. The van der Waals surface area contributed by atoms with Gasteiger partial charge in [0.25, 0.3) is 11.8 Å².